The van der Waals surface area contributed by atoms with Crippen molar-refractivity contribution < 1.29 is 14.2 Å². The molecule has 0 fully saturated rings. The number of aromatic nitrogens is 1. The van der Waals surface area contributed by atoms with Crippen LogP contribution >= 0.6 is 0 Å². The topological polar surface area (TPSA) is 102 Å². The summed E-state index contributed by atoms with van der Waals surface area (Å²) in [7, 11) is 3.16. The molecule has 7 nitrogen and oxygen atoms in total. The lowest BCUT2D eigenvalue weighted by Gasteiger charge is -2.24. The highest BCUT2D eigenvalue weighted by Gasteiger charge is 2.27. The van der Waals surface area contributed by atoms with Crippen molar-refractivity contribution in [2.45, 2.75) is 13.0 Å². The average molecular weight is 388 g/mol. The predicted molar refractivity (Wildman–Crippen MR) is 110 cm³/mol. The Labute approximate surface area is 168 Å². The number of fused-ring (bicyclic) bond motifs is 2. The van der Waals surface area contributed by atoms with Crippen LogP contribution in [0, 0.1) is 11.3 Å². The molecule has 0 aliphatic carbocycles. The maximum Gasteiger partial charge on any atom is 0.226 e. The molecule has 0 spiro atoms. The van der Waals surface area contributed by atoms with E-state index in [0.29, 0.717) is 47.3 Å². The van der Waals surface area contributed by atoms with Gasteiger partial charge in [-0.3, -0.25) is 0 Å². The predicted octanol–water partition coefficient (Wildman–Crippen LogP) is 3.86. The molecule has 29 heavy (non-hydrogen) atoms. The highest BCUT2D eigenvalue weighted by atomic mass is 16.5. The molecule has 3 aromatic rings. The lowest BCUT2D eigenvalue weighted by molar-refractivity contribution is 0.349. The van der Waals surface area contributed by atoms with Crippen LogP contribution in [0.4, 0.5) is 11.5 Å². The summed E-state index contributed by atoms with van der Waals surface area (Å²) >= 11 is 0. The van der Waals surface area contributed by atoms with Crippen LogP contribution in [0.25, 0.3) is 0 Å². The fourth-order valence-corrected chi connectivity index (χ4v) is 3.39. The number of hydrogen-bond acceptors (Lipinski definition) is 7. The van der Waals surface area contributed by atoms with Gasteiger partial charge in [-0.05, 0) is 11.6 Å². The van der Waals surface area contributed by atoms with Gasteiger partial charge < -0.3 is 25.3 Å². The maximum atomic E-state index is 9.66. The Morgan fingerprint density at radius 3 is 2.59 bits per heavy atom. The van der Waals surface area contributed by atoms with E-state index in [1.165, 1.54) is 0 Å². The van der Waals surface area contributed by atoms with E-state index in [0.717, 1.165) is 16.7 Å². The van der Waals surface area contributed by atoms with Gasteiger partial charge in [-0.15, -0.1) is 0 Å². The fraction of sp³-hybridized carbons (Fsp3) is 0.182. The van der Waals surface area contributed by atoms with Crippen LogP contribution in [0.2, 0.25) is 0 Å². The summed E-state index contributed by atoms with van der Waals surface area (Å²) in [5.74, 6) is 2.32. The van der Waals surface area contributed by atoms with Crippen molar-refractivity contribution in [1.29, 1.82) is 5.26 Å². The van der Waals surface area contributed by atoms with Gasteiger partial charge in [0.25, 0.3) is 0 Å². The molecule has 1 aliphatic heterocycles. The fourth-order valence-electron chi connectivity index (χ4n) is 3.39. The highest BCUT2D eigenvalue weighted by molar-refractivity contribution is 5.75. The van der Waals surface area contributed by atoms with Crippen LogP contribution in [-0.2, 0) is 13.0 Å². The van der Waals surface area contributed by atoms with Gasteiger partial charge in [0.1, 0.15) is 23.2 Å². The van der Waals surface area contributed by atoms with Crippen molar-refractivity contribution >= 4 is 11.5 Å². The molecule has 1 aromatic heterocycles. The largest absolute Gasteiger partial charge is 0.493 e. The van der Waals surface area contributed by atoms with Crippen molar-refractivity contribution in [2.75, 3.05) is 25.3 Å². The molecule has 146 valence electrons. The number of nitrogens with zero attached hydrogens (tertiary/aromatic N) is 2. The number of nitrogen functional groups attached to an aromatic ring is 1. The first kappa shape index (κ1) is 18.4. The number of methoxy groups -OCH3 is 2. The van der Waals surface area contributed by atoms with Gasteiger partial charge in [0, 0.05) is 30.2 Å². The van der Waals surface area contributed by atoms with Crippen molar-refractivity contribution in [3.8, 4) is 29.2 Å². The standard InChI is InChI=1S/C22H20N4O3/c1-27-18-9-14-8-15-20(25-12-13-6-4-3-5-7-13)16(11-23)21(24)26-22(15)29-17(14)10-19(18)28-2/h3-7,9-10H,8,12H2,1-2H3,(H3,24,25,26). The van der Waals surface area contributed by atoms with Gasteiger partial charge in [-0.1, -0.05) is 30.3 Å². The van der Waals surface area contributed by atoms with Crippen LogP contribution in [0.15, 0.2) is 42.5 Å². The van der Waals surface area contributed by atoms with Crippen molar-refractivity contribution in [3.05, 3.63) is 64.7 Å². The molecule has 0 radical (unpaired) electrons. The van der Waals surface area contributed by atoms with Crippen LogP contribution in [0.3, 0.4) is 0 Å². The zero-order valence-corrected chi connectivity index (χ0v) is 16.2. The third-order valence-electron chi connectivity index (χ3n) is 4.85. The number of rotatable bonds is 5. The lowest BCUT2D eigenvalue weighted by Crippen LogP contribution is -2.14. The minimum absolute atomic E-state index is 0.130. The summed E-state index contributed by atoms with van der Waals surface area (Å²) < 4.78 is 16.8. The van der Waals surface area contributed by atoms with Crippen LogP contribution in [0.5, 0.6) is 23.1 Å². The molecule has 2 aromatic carbocycles. The number of benzene rings is 2. The third-order valence-corrected chi connectivity index (χ3v) is 4.85. The van der Waals surface area contributed by atoms with Gasteiger partial charge in [0.15, 0.2) is 11.5 Å². The van der Waals surface area contributed by atoms with Gasteiger partial charge in [0.2, 0.25) is 5.88 Å². The minimum atomic E-state index is 0.130. The Morgan fingerprint density at radius 2 is 1.90 bits per heavy atom. The molecule has 0 bridgehead atoms. The molecule has 1 aliphatic rings. The zero-order chi connectivity index (χ0) is 20.4. The van der Waals surface area contributed by atoms with Gasteiger partial charge in [0.05, 0.1) is 19.9 Å². The summed E-state index contributed by atoms with van der Waals surface area (Å²) in [6, 6.07) is 15.7. The average Bonchev–Trinajstić information content (AvgIpc) is 2.75. The lowest BCUT2D eigenvalue weighted by atomic mass is 9.98. The summed E-state index contributed by atoms with van der Waals surface area (Å²) in [6.45, 7) is 0.546. The molecular formula is C22H20N4O3. The van der Waals surface area contributed by atoms with Crippen LogP contribution in [-0.4, -0.2) is 19.2 Å². The van der Waals surface area contributed by atoms with E-state index in [4.69, 9.17) is 19.9 Å². The summed E-state index contributed by atoms with van der Waals surface area (Å²) in [5, 5.41) is 13.0. The first-order chi connectivity index (χ1) is 14.1. The van der Waals surface area contributed by atoms with Crippen LogP contribution in [0.1, 0.15) is 22.3 Å². The SMILES string of the molecule is COc1cc2c(cc1OC)Oc1nc(N)c(C#N)c(NCc3ccccc3)c1C2. The van der Waals surface area contributed by atoms with Crippen molar-refractivity contribution in [2.24, 2.45) is 0 Å². The molecular weight excluding hydrogens is 368 g/mol. The van der Waals surface area contributed by atoms with E-state index in [-0.39, 0.29) is 5.82 Å². The Kier molecular flexibility index (Phi) is 4.83. The van der Waals surface area contributed by atoms with Gasteiger partial charge in [-0.2, -0.15) is 10.2 Å². The van der Waals surface area contributed by atoms with E-state index in [1.807, 2.05) is 36.4 Å². The maximum absolute atomic E-state index is 9.66. The number of anilines is 2. The summed E-state index contributed by atoms with van der Waals surface area (Å²) in [6.07, 6.45) is 0.518. The van der Waals surface area contributed by atoms with E-state index < -0.39 is 0 Å². The monoisotopic (exact) mass is 388 g/mol. The molecule has 0 saturated heterocycles. The molecule has 0 atom stereocenters. The molecule has 7 heteroatoms. The summed E-state index contributed by atoms with van der Waals surface area (Å²) in [5.41, 5.74) is 9.78. The third kappa shape index (κ3) is 3.36. The second kappa shape index (κ2) is 7.60. The number of nitriles is 1. The molecule has 0 unspecified atom stereocenters. The molecule has 3 N–H and O–H groups in total. The Hall–Kier alpha value is -3.92. The second-order valence-corrected chi connectivity index (χ2v) is 6.58. The molecule has 2 heterocycles. The zero-order valence-electron chi connectivity index (χ0n) is 16.2. The van der Waals surface area contributed by atoms with E-state index >= 15 is 0 Å². The number of hydrogen-bond donors (Lipinski definition) is 2. The normalized spacial score (nSPS) is 11.5. The molecule has 4 rings (SSSR count). The van der Waals surface area contributed by atoms with Crippen molar-refractivity contribution in [3.63, 3.8) is 0 Å². The van der Waals surface area contributed by atoms with Crippen molar-refractivity contribution in [1.82, 2.24) is 4.98 Å². The number of ether oxygens (including phenoxy) is 3. The number of pyridine rings is 1. The van der Waals surface area contributed by atoms with Gasteiger partial charge >= 0.3 is 0 Å². The number of nitrogens with one attached hydrogen (secondary N) is 1. The minimum Gasteiger partial charge on any atom is -0.493 e. The number of nitrogens with two attached hydrogens (primary N) is 1. The molecule has 0 saturated carbocycles. The van der Waals surface area contributed by atoms with E-state index in [2.05, 4.69) is 16.4 Å². The van der Waals surface area contributed by atoms with Gasteiger partial charge in [-0.25, -0.2) is 0 Å². The Morgan fingerprint density at radius 1 is 1.17 bits per heavy atom. The first-order valence-corrected chi connectivity index (χ1v) is 9.07. The highest BCUT2D eigenvalue weighted by Crippen LogP contribution is 2.45. The first-order valence-electron chi connectivity index (χ1n) is 9.07. The summed E-state index contributed by atoms with van der Waals surface area (Å²) in [4.78, 5) is 4.32. The van der Waals surface area contributed by atoms with E-state index in [1.54, 1.807) is 20.3 Å². The second-order valence-electron chi connectivity index (χ2n) is 6.58. The van der Waals surface area contributed by atoms with Crippen LogP contribution < -0.4 is 25.3 Å². The quantitative estimate of drug-likeness (QED) is 0.535. The molecule has 0 amide bonds. The smallest absolute Gasteiger partial charge is 0.226 e. The Balaban J connectivity index is 1.76. The van der Waals surface area contributed by atoms with E-state index in [9.17, 15) is 5.26 Å². The Bertz CT molecular complexity index is 1110.